The number of rotatable bonds is 5. The van der Waals surface area contributed by atoms with Crippen molar-refractivity contribution < 1.29 is 5.11 Å². The molecule has 2 nitrogen and oxygen atoms in total. The molecule has 3 atom stereocenters. The highest BCUT2D eigenvalue weighted by Crippen LogP contribution is 2.27. The lowest BCUT2D eigenvalue weighted by Crippen LogP contribution is -2.42. The van der Waals surface area contributed by atoms with Crippen LogP contribution in [0.25, 0.3) is 0 Å². The third-order valence-electron chi connectivity index (χ3n) is 3.68. The Balaban J connectivity index is 2.19. The number of nitrogens with one attached hydrogen (secondary N) is 1. The fourth-order valence-corrected chi connectivity index (χ4v) is 2.58. The molecule has 0 saturated heterocycles. The fraction of sp³-hybridized carbons (Fsp3) is 1.00. The molecule has 0 spiro atoms. The predicted molar refractivity (Wildman–Crippen MR) is 64.9 cm³/mol. The van der Waals surface area contributed by atoms with Gasteiger partial charge >= 0.3 is 0 Å². The highest BCUT2D eigenvalue weighted by Gasteiger charge is 2.18. The van der Waals surface area contributed by atoms with E-state index in [4.69, 9.17) is 0 Å². The average Bonchev–Trinajstić information content (AvgIpc) is 2.18. The van der Waals surface area contributed by atoms with E-state index in [1.165, 1.54) is 38.5 Å². The van der Waals surface area contributed by atoms with Gasteiger partial charge in [0.05, 0.1) is 6.10 Å². The molecule has 0 aliphatic heterocycles. The van der Waals surface area contributed by atoms with E-state index in [2.05, 4.69) is 19.2 Å². The summed E-state index contributed by atoms with van der Waals surface area (Å²) in [6.45, 7) is 6.15. The second kappa shape index (κ2) is 6.49. The molecular weight excluding hydrogens is 186 g/mol. The average molecular weight is 213 g/mol. The topological polar surface area (TPSA) is 32.3 Å². The second-order valence-electron chi connectivity index (χ2n) is 5.34. The summed E-state index contributed by atoms with van der Waals surface area (Å²) < 4.78 is 0. The van der Waals surface area contributed by atoms with Crippen molar-refractivity contribution in [2.24, 2.45) is 5.92 Å². The van der Waals surface area contributed by atoms with Crippen LogP contribution in [0.4, 0.5) is 0 Å². The zero-order chi connectivity index (χ0) is 11.3. The van der Waals surface area contributed by atoms with Crippen molar-refractivity contribution in [2.45, 2.75) is 77.5 Å². The number of hydrogen-bond donors (Lipinski definition) is 2. The minimum Gasteiger partial charge on any atom is -0.392 e. The lowest BCUT2D eigenvalue weighted by Gasteiger charge is -2.28. The first kappa shape index (κ1) is 13.0. The van der Waals surface area contributed by atoms with E-state index in [-0.39, 0.29) is 12.1 Å². The van der Waals surface area contributed by atoms with Crippen LogP contribution < -0.4 is 5.32 Å². The molecule has 0 aromatic heterocycles. The smallest absolute Gasteiger partial charge is 0.0662 e. The minimum atomic E-state index is -0.251. The molecular formula is C13H27NO. The predicted octanol–water partition coefficient (Wildman–Crippen LogP) is 2.70. The van der Waals surface area contributed by atoms with Gasteiger partial charge in [0.2, 0.25) is 0 Å². The van der Waals surface area contributed by atoms with Crippen LogP contribution in [0.15, 0.2) is 0 Å². The molecule has 1 fully saturated rings. The van der Waals surface area contributed by atoms with E-state index in [9.17, 15) is 5.11 Å². The summed E-state index contributed by atoms with van der Waals surface area (Å²) in [6.07, 6.45) is 8.12. The SMILES string of the molecule is CC(CC1CCCCC1)NC(C)C(C)O. The van der Waals surface area contributed by atoms with E-state index in [0.717, 1.165) is 5.92 Å². The Hall–Kier alpha value is -0.0800. The molecule has 3 unspecified atom stereocenters. The minimum absolute atomic E-state index is 0.212. The van der Waals surface area contributed by atoms with Crippen molar-refractivity contribution in [1.82, 2.24) is 5.32 Å². The van der Waals surface area contributed by atoms with Gasteiger partial charge in [0, 0.05) is 12.1 Å². The van der Waals surface area contributed by atoms with Crippen LogP contribution in [0.1, 0.15) is 59.3 Å². The van der Waals surface area contributed by atoms with Gasteiger partial charge in [-0.15, -0.1) is 0 Å². The molecule has 0 heterocycles. The van der Waals surface area contributed by atoms with Gasteiger partial charge in [0.25, 0.3) is 0 Å². The molecule has 0 bridgehead atoms. The van der Waals surface area contributed by atoms with Crippen molar-refractivity contribution in [1.29, 1.82) is 0 Å². The molecule has 0 amide bonds. The third kappa shape index (κ3) is 4.98. The zero-order valence-corrected chi connectivity index (χ0v) is 10.5. The van der Waals surface area contributed by atoms with Gasteiger partial charge in [-0.25, -0.2) is 0 Å². The van der Waals surface area contributed by atoms with Gasteiger partial charge in [0.1, 0.15) is 0 Å². The molecule has 15 heavy (non-hydrogen) atoms. The quantitative estimate of drug-likeness (QED) is 0.736. The Morgan fingerprint density at radius 1 is 1.13 bits per heavy atom. The Kier molecular flexibility index (Phi) is 5.62. The van der Waals surface area contributed by atoms with Crippen LogP contribution in [0.2, 0.25) is 0 Å². The molecule has 2 heteroatoms. The van der Waals surface area contributed by atoms with Crippen LogP contribution in [0, 0.1) is 5.92 Å². The lowest BCUT2D eigenvalue weighted by molar-refractivity contribution is 0.142. The summed E-state index contributed by atoms with van der Waals surface area (Å²) in [5, 5.41) is 12.9. The zero-order valence-electron chi connectivity index (χ0n) is 10.5. The first-order chi connectivity index (χ1) is 7.09. The third-order valence-corrected chi connectivity index (χ3v) is 3.68. The Morgan fingerprint density at radius 3 is 2.27 bits per heavy atom. The van der Waals surface area contributed by atoms with Crippen molar-refractivity contribution in [2.75, 3.05) is 0 Å². The summed E-state index contributed by atoms with van der Waals surface area (Å²) in [7, 11) is 0. The lowest BCUT2D eigenvalue weighted by atomic mass is 9.85. The highest BCUT2D eigenvalue weighted by atomic mass is 16.3. The van der Waals surface area contributed by atoms with Gasteiger partial charge in [0.15, 0.2) is 0 Å². The Morgan fingerprint density at radius 2 is 1.73 bits per heavy atom. The number of hydrogen-bond acceptors (Lipinski definition) is 2. The molecule has 1 aliphatic carbocycles. The summed E-state index contributed by atoms with van der Waals surface area (Å²) in [6, 6.07) is 0.751. The molecule has 0 aromatic carbocycles. The van der Waals surface area contributed by atoms with E-state index < -0.39 is 0 Å². The fourth-order valence-electron chi connectivity index (χ4n) is 2.58. The van der Waals surface area contributed by atoms with Gasteiger partial charge in [-0.1, -0.05) is 32.1 Å². The maximum atomic E-state index is 9.41. The first-order valence-electron chi connectivity index (χ1n) is 6.53. The van der Waals surface area contributed by atoms with Gasteiger partial charge < -0.3 is 10.4 Å². The van der Waals surface area contributed by atoms with Crippen LogP contribution in [-0.4, -0.2) is 23.3 Å². The van der Waals surface area contributed by atoms with Gasteiger partial charge in [-0.05, 0) is 33.1 Å². The maximum absolute atomic E-state index is 9.41. The van der Waals surface area contributed by atoms with Crippen LogP contribution in [0.3, 0.4) is 0 Å². The summed E-state index contributed by atoms with van der Waals surface area (Å²) in [4.78, 5) is 0. The van der Waals surface area contributed by atoms with Gasteiger partial charge in [-0.3, -0.25) is 0 Å². The van der Waals surface area contributed by atoms with Crippen molar-refractivity contribution in [3.8, 4) is 0 Å². The van der Waals surface area contributed by atoms with Crippen LogP contribution in [0.5, 0.6) is 0 Å². The molecule has 1 aliphatic rings. The van der Waals surface area contributed by atoms with Crippen molar-refractivity contribution >= 4 is 0 Å². The van der Waals surface area contributed by atoms with E-state index >= 15 is 0 Å². The van der Waals surface area contributed by atoms with Crippen LogP contribution >= 0.6 is 0 Å². The summed E-state index contributed by atoms with van der Waals surface area (Å²) >= 11 is 0. The Labute approximate surface area is 94.5 Å². The molecule has 90 valence electrons. The first-order valence-corrected chi connectivity index (χ1v) is 6.53. The number of aliphatic hydroxyl groups excluding tert-OH is 1. The molecule has 0 radical (unpaired) electrons. The normalized spacial score (nSPS) is 24.8. The Bertz CT molecular complexity index is 164. The molecule has 1 rings (SSSR count). The molecule has 0 aromatic rings. The standard InChI is InChI=1S/C13H27NO/c1-10(14-11(2)12(3)15)9-13-7-5-4-6-8-13/h10-15H,4-9H2,1-3H3. The van der Waals surface area contributed by atoms with Crippen molar-refractivity contribution in [3.05, 3.63) is 0 Å². The molecule has 1 saturated carbocycles. The monoisotopic (exact) mass is 213 g/mol. The molecule has 2 N–H and O–H groups in total. The van der Waals surface area contributed by atoms with E-state index in [1.54, 1.807) is 0 Å². The highest BCUT2D eigenvalue weighted by molar-refractivity contribution is 4.75. The van der Waals surface area contributed by atoms with E-state index in [1.807, 2.05) is 6.92 Å². The number of aliphatic hydroxyl groups is 1. The second-order valence-corrected chi connectivity index (χ2v) is 5.34. The van der Waals surface area contributed by atoms with E-state index in [0.29, 0.717) is 6.04 Å². The maximum Gasteiger partial charge on any atom is 0.0662 e. The van der Waals surface area contributed by atoms with Crippen molar-refractivity contribution in [3.63, 3.8) is 0 Å². The van der Waals surface area contributed by atoms with Gasteiger partial charge in [-0.2, -0.15) is 0 Å². The summed E-state index contributed by atoms with van der Waals surface area (Å²) in [5.41, 5.74) is 0. The largest absolute Gasteiger partial charge is 0.392 e. The van der Waals surface area contributed by atoms with Crippen LogP contribution in [-0.2, 0) is 0 Å². The summed E-state index contributed by atoms with van der Waals surface area (Å²) in [5.74, 6) is 0.919.